The lowest BCUT2D eigenvalue weighted by Crippen LogP contribution is -2.27. The quantitative estimate of drug-likeness (QED) is 0.510. The second-order valence-corrected chi connectivity index (χ2v) is 7.44. The number of hydrogen-bond acceptors (Lipinski definition) is 5. The minimum atomic E-state index is -0.424. The molecule has 3 aromatic carbocycles. The molecule has 1 N–H and O–H groups in total. The molecular formula is C25H21ClN2O4. The Hall–Kier alpha value is -3.82. The van der Waals surface area contributed by atoms with Crippen LogP contribution in [0.2, 0.25) is 5.02 Å². The summed E-state index contributed by atoms with van der Waals surface area (Å²) in [6, 6.07) is 20.5. The standard InChI is InChI=1S/C25H21ClN2O4/c1-16(17-7-9-18(10-8-17)25(30)31-2)28-24(29)22-13-21(26)11-12-23(22)32-15-20-6-4-3-5-19(20)14-27/h3-13,16H,15H2,1-2H3,(H,28,29)/t16-/m0/s1. The number of halogens is 1. The number of rotatable bonds is 7. The van der Waals surface area contributed by atoms with E-state index in [-0.39, 0.29) is 24.1 Å². The highest BCUT2D eigenvalue weighted by atomic mass is 35.5. The van der Waals surface area contributed by atoms with Gasteiger partial charge in [-0.1, -0.05) is 41.9 Å². The van der Waals surface area contributed by atoms with Gasteiger partial charge in [-0.15, -0.1) is 0 Å². The fourth-order valence-electron chi connectivity index (χ4n) is 3.10. The lowest BCUT2D eigenvalue weighted by atomic mass is 10.1. The molecule has 32 heavy (non-hydrogen) atoms. The molecular weight excluding hydrogens is 428 g/mol. The molecule has 0 fully saturated rings. The van der Waals surface area contributed by atoms with Gasteiger partial charge in [0.15, 0.2) is 0 Å². The molecule has 0 spiro atoms. The van der Waals surface area contributed by atoms with Crippen molar-refractivity contribution in [3.8, 4) is 11.8 Å². The number of methoxy groups -OCH3 is 1. The summed E-state index contributed by atoms with van der Waals surface area (Å²) >= 11 is 6.12. The van der Waals surface area contributed by atoms with Crippen molar-refractivity contribution in [1.82, 2.24) is 5.32 Å². The van der Waals surface area contributed by atoms with Gasteiger partial charge in [-0.05, 0) is 48.9 Å². The number of nitrogens with one attached hydrogen (secondary N) is 1. The van der Waals surface area contributed by atoms with Crippen LogP contribution < -0.4 is 10.1 Å². The Balaban J connectivity index is 1.75. The first-order chi connectivity index (χ1) is 15.4. The monoisotopic (exact) mass is 448 g/mol. The molecule has 162 valence electrons. The van der Waals surface area contributed by atoms with Gasteiger partial charge in [0, 0.05) is 10.6 Å². The molecule has 0 radical (unpaired) electrons. The SMILES string of the molecule is COC(=O)c1ccc([C@H](C)NC(=O)c2cc(Cl)ccc2OCc2ccccc2C#N)cc1. The van der Waals surface area contributed by atoms with Crippen LogP contribution in [-0.2, 0) is 11.3 Å². The van der Waals surface area contributed by atoms with Gasteiger partial charge in [-0.3, -0.25) is 4.79 Å². The van der Waals surface area contributed by atoms with Crippen molar-refractivity contribution in [2.45, 2.75) is 19.6 Å². The summed E-state index contributed by atoms with van der Waals surface area (Å²) in [6.45, 7) is 1.97. The third-order valence-electron chi connectivity index (χ3n) is 4.89. The fourth-order valence-corrected chi connectivity index (χ4v) is 3.27. The summed E-state index contributed by atoms with van der Waals surface area (Å²) in [5, 5.41) is 12.6. The molecule has 1 atom stereocenters. The van der Waals surface area contributed by atoms with E-state index in [0.717, 1.165) is 11.1 Å². The largest absolute Gasteiger partial charge is 0.488 e. The minimum absolute atomic E-state index is 0.135. The van der Waals surface area contributed by atoms with E-state index in [9.17, 15) is 14.9 Å². The summed E-state index contributed by atoms with van der Waals surface area (Å²) in [5.41, 5.74) is 2.76. The molecule has 0 heterocycles. The van der Waals surface area contributed by atoms with E-state index in [1.54, 1.807) is 54.6 Å². The van der Waals surface area contributed by atoms with Crippen molar-refractivity contribution in [3.63, 3.8) is 0 Å². The van der Waals surface area contributed by atoms with Gasteiger partial charge in [0.25, 0.3) is 5.91 Å². The van der Waals surface area contributed by atoms with Crippen LogP contribution in [0.1, 0.15) is 50.4 Å². The fraction of sp³-hybridized carbons (Fsp3) is 0.160. The molecule has 0 unspecified atom stereocenters. The van der Waals surface area contributed by atoms with Gasteiger partial charge in [-0.25, -0.2) is 4.79 Å². The average molecular weight is 449 g/mol. The lowest BCUT2D eigenvalue weighted by molar-refractivity contribution is 0.0600. The third-order valence-corrected chi connectivity index (χ3v) is 5.12. The van der Waals surface area contributed by atoms with E-state index in [1.165, 1.54) is 13.2 Å². The maximum atomic E-state index is 13.0. The van der Waals surface area contributed by atoms with Crippen LogP contribution in [0.15, 0.2) is 66.7 Å². The Kier molecular flexibility index (Phi) is 7.48. The average Bonchev–Trinajstić information content (AvgIpc) is 2.82. The molecule has 0 aromatic heterocycles. The molecule has 0 saturated heterocycles. The Labute approximate surface area is 191 Å². The van der Waals surface area contributed by atoms with Crippen molar-refractivity contribution >= 4 is 23.5 Å². The van der Waals surface area contributed by atoms with E-state index in [1.807, 2.05) is 13.0 Å². The van der Waals surface area contributed by atoms with E-state index in [0.29, 0.717) is 21.9 Å². The van der Waals surface area contributed by atoms with E-state index in [2.05, 4.69) is 11.4 Å². The van der Waals surface area contributed by atoms with E-state index in [4.69, 9.17) is 21.1 Å². The number of carbonyl (C=O) groups is 2. The number of hydrogen-bond donors (Lipinski definition) is 1. The van der Waals surface area contributed by atoms with Gasteiger partial charge >= 0.3 is 5.97 Å². The number of amides is 1. The minimum Gasteiger partial charge on any atom is -0.488 e. The molecule has 6 nitrogen and oxygen atoms in total. The highest BCUT2D eigenvalue weighted by Crippen LogP contribution is 2.25. The van der Waals surface area contributed by atoms with Gasteiger partial charge in [-0.2, -0.15) is 5.26 Å². The number of esters is 1. The number of nitriles is 1. The summed E-state index contributed by atoms with van der Waals surface area (Å²) < 4.78 is 10.6. The highest BCUT2D eigenvalue weighted by Gasteiger charge is 2.17. The zero-order valence-corrected chi connectivity index (χ0v) is 18.3. The summed E-state index contributed by atoms with van der Waals surface area (Å²) in [6.07, 6.45) is 0. The van der Waals surface area contributed by atoms with Crippen molar-refractivity contribution in [1.29, 1.82) is 5.26 Å². The van der Waals surface area contributed by atoms with Crippen molar-refractivity contribution in [3.05, 3.63) is 99.6 Å². The molecule has 0 aliphatic rings. The first-order valence-electron chi connectivity index (χ1n) is 9.82. The van der Waals surface area contributed by atoms with Crippen LogP contribution in [-0.4, -0.2) is 19.0 Å². The number of carbonyl (C=O) groups excluding carboxylic acids is 2. The topological polar surface area (TPSA) is 88.4 Å². The Bertz CT molecular complexity index is 1170. The smallest absolute Gasteiger partial charge is 0.337 e. The Morgan fingerprint density at radius 3 is 2.50 bits per heavy atom. The Morgan fingerprint density at radius 1 is 1.09 bits per heavy atom. The first kappa shape index (κ1) is 22.9. The number of nitrogens with zero attached hydrogens (tertiary/aromatic N) is 1. The van der Waals surface area contributed by atoms with Crippen molar-refractivity contribution in [2.24, 2.45) is 0 Å². The highest BCUT2D eigenvalue weighted by molar-refractivity contribution is 6.31. The maximum absolute atomic E-state index is 13.0. The summed E-state index contributed by atoms with van der Waals surface area (Å²) in [7, 11) is 1.32. The van der Waals surface area contributed by atoms with E-state index >= 15 is 0 Å². The lowest BCUT2D eigenvalue weighted by Gasteiger charge is -2.17. The zero-order chi connectivity index (χ0) is 23.1. The second-order valence-electron chi connectivity index (χ2n) is 7.01. The predicted octanol–water partition coefficient (Wildman–Crippen LogP) is 5.07. The molecule has 0 saturated carbocycles. The number of benzene rings is 3. The Morgan fingerprint density at radius 2 is 1.81 bits per heavy atom. The molecule has 0 aliphatic heterocycles. The normalized spacial score (nSPS) is 11.2. The summed E-state index contributed by atoms with van der Waals surface area (Å²) in [5.74, 6) is -0.430. The zero-order valence-electron chi connectivity index (χ0n) is 17.6. The molecule has 1 amide bonds. The van der Waals surface area contributed by atoms with Gasteiger partial charge in [0.2, 0.25) is 0 Å². The van der Waals surface area contributed by atoms with Crippen molar-refractivity contribution in [2.75, 3.05) is 7.11 Å². The van der Waals surface area contributed by atoms with Gasteiger partial charge < -0.3 is 14.8 Å². The van der Waals surface area contributed by atoms with Crippen LogP contribution in [0, 0.1) is 11.3 Å². The summed E-state index contributed by atoms with van der Waals surface area (Å²) in [4.78, 5) is 24.6. The molecule has 0 bridgehead atoms. The van der Waals surface area contributed by atoms with Gasteiger partial charge in [0.05, 0.1) is 35.9 Å². The molecule has 0 aliphatic carbocycles. The third kappa shape index (κ3) is 5.45. The van der Waals surface area contributed by atoms with Crippen molar-refractivity contribution < 1.29 is 19.1 Å². The first-order valence-corrected chi connectivity index (χ1v) is 10.2. The second kappa shape index (κ2) is 10.5. The van der Waals surface area contributed by atoms with Crippen LogP contribution in [0.25, 0.3) is 0 Å². The molecule has 7 heteroatoms. The van der Waals surface area contributed by atoms with Crippen LogP contribution in [0.3, 0.4) is 0 Å². The van der Waals surface area contributed by atoms with Crippen LogP contribution in [0.5, 0.6) is 5.75 Å². The van der Waals surface area contributed by atoms with Gasteiger partial charge in [0.1, 0.15) is 12.4 Å². The predicted molar refractivity (Wildman–Crippen MR) is 121 cm³/mol. The van der Waals surface area contributed by atoms with Crippen LogP contribution in [0.4, 0.5) is 0 Å². The molecule has 3 rings (SSSR count). The number of ether oxygens (including phenoxy) is 2. The van der Waals surface area contributed by atoms with Crippen LogP contribution >= 0.6 is 11.6 Å². The maximum Gasteiger partial charge on any atom is 0.337 e. The molecule has 3 aromatic rings. The van der Waals surface area contributed by atoms with E-state index < -0.39 is 5.97 Å².